The minimum absolute atomic E-state index is 0.246. The zero-order chi connectivity index (χ0) is 18.3. The first kappa shape index (κ1) is 18.1. The van der Waals surface area contributed by atoms with Crippen LogP contribution >= 0.6 is 0 Å². The van der Waals surface area contributed by atoms with Gasteiger partial charge in [-0.25, -0.2) is 9.97 Å². The van der Waals surface area contributed by atoms with Crippen molar-refractivity contribution in [1.82, 2.24) is 19.9 Å². The van der Waals surface area contributed by atoms with E-state index in [9.17, 15) is 0 Å². The van der Waals surface area contributed by atoms with Gasteiger partial charge in [0.25, 0.3) is 0 Å². The molecule has 2 fully saturated rings. The molecule has 2 aliphatic heterocycles. The predicted octanol–water partition coefficient (Wildman–Crippen LogP) is 2.35. The van der Waals surface area contributed by atoms with Crippen molar-refractivity contribution in [2.24, 2.45) is 0 Å². The maximum absolute atomic E-state index is 5.53. The molecule has 0 radical (unpaired) electrons. The average molecular weight is 368 g/mol. The summed E-state index contributed by atoms with van der Waals surface area (Å²) in [7, 11) is 0. The van der Waals surface area contributed by atoms with Gasteiger partial charge in [-0.05, 0) is 30.9 Å². The van der Waals surface area contributed by atoms with E-state index in [0.29, 0.717) is 0 Å². The molecule has 2 aromatic rings. The molecular formula is C20H28N6O. The summed E-state index contributed by atoms with van der Waals surface area (Å²) in [6.45, 7) is 6.38. The summed E-state index contributed by atoms with van der Waals surface area (Å²) in [5.74, 6) is 1.91. The van der Waals surface area contributed by atoms with E-state index < -0.39 is 0 Å². The van der Waals surface area contributed by atoms with Crippen molar-refractivity contribution in [3.8, 4) is 0 Å². The van der Waals surface area contributed by atoms with Crippen LogP contribution in [0.1, 0.15) is 30.9 Å². The van der Waals surface area contributed by atoms with Crippen molar-refractivity contribution in [2.45, 2.75) is 25.3 Å². The summed E-state index contributed by atoms with van der Waals surface area (Å²) in [6, 6.07) is 6.47. The van der Waals surface area contributed by atoms with E-state index in [2.05, 4.69) is 42.2 Å². The van der Waals surface area contributed by atoms with E-state index in [1.54, 1.807) is 6.33 Å². The number of rotatable bonds is 6. The first-order chi connectivity index (χ1) is 13.4. The molecule has 2 aromatic heterocycles. The van der Waals surface area contributed by atoms with Crippen molar-refractivity contribution >= 4 is 11.6 Å². The first-order valence-electron chi connectivity index (χ1n) is 9.93. The van der Waals surface area contributed by atoms with Crippen LogP contribution in [0.3, 0.4) is 0 Å². The van der Waals surface area contributed by atoms with Crippen LogP contribution in [0, 0.1) is 0 Å². The summed E-state index contributed by atoms with van der Waals surface area (Å²) in [5, 5.41) is 3.53. The van der Waals surface area contributed by atoms with E-state index in [-0.39, 0.29) is 6.04 Å². The molecule has 0 amide bonds. The topological polar surface area (TPSA) is 66.4 Å². The van der Waals surface area contributed by atoms with Gasteiger partial charge in [-0.15, -0.1) is 0 Å². The molecule has 1 unspecified atom stereocenters. The normalized spacial score (nSPS) is 19.6. The lowest BCUT2D eigenvalue weighted by Crippen LogP contribution is -2.41. The maximum Gasteiger partial charge on any atom is 0.134 e. The number of hydrogen-bond acceptors (Lipinski definition) is 7. The molecule has 0 bridgehead atoms. The molecule has 144 valence electrons. The summed E-state index contributed by atoms with van der Waals surface area (Å²) >= 11 is 0. The molecule has 7 nitrogen and oxygen atoms in total. The standard InChI is InChI=1S/C20H28N6O/c1-2-7-26(8-3-1)20-13-19(23-16-24-20)22-15-18(17-5-4-6-21-14-17)25-9-11-27-12-10-25/h4-6,13-14,16,18H,1-3,7-12,15H2,(H,22,23,24). The molecule has 2 saturated heterocycles. The van der Waals surface area contributed by atoms with Crippen molar-refractivity contribution < 1.29 is 4.74 Å². The van der Waals surface area contributed by atoms with Gasteiger partial charge < -0.3 is 15.0 Å². The Hall–Kier alpha value is -2.25. The quantitative estimate of drug-likeness (QED) is 0.839. The number of ether oxygens (including phenoxy) is 1. The molecule has 4 heterocycles. The Balaban J connectivity index is 1.45. The smallest absolute Gasteiger partial charge is 0.134 e. The Labute approximate surface area is 160 Å². The van der Waals surface area contributed by atoms with Gasteiger partial charge in [0.2, 0.25) is 0 Å². The molecule has 0 spiro atoms. The van der Waals surface area contributed by atoms with Gasteiger partial charge in [-0.3, -0.25) is 9.88 Å². The highest BCUT2D eigenvalue weighted by atomic mass is 16.5. The third-order valence-corrected chi connectivity index (χ3v) is 5.36. The average Bonchev–Trinajstić information content (AvgIpc) is 2.76. The van der Waals surface area contributed by atoms with Crippen LogP contribution in [0.2, 0.25) is 0 Å². The Morgan fingerprint density at radius 1 is 1.07 bits per heavy atom. The van der Waals surface area contributed by atoms with Gasteiger partial charge >= 0.3 is 0 Å². The molecule has 1 N–H and O–H groups in total. The Bertz CT molecular complexity index is 701. The Kier molecular flexibility index (Phi) is 6.11. The van der Waals surface area contributed by atoms with Gasteiger partial charge in [0.1, 0.15) is 18.0 Å². The lowest BCUT2D eigenvalue weighted by molar-refractivity contribution is 0.0186. The summed E-state index contributed by atoms with van der Waals surface area (Å²) < 4.78 is 5.53. The second kappa shape index (κ2) is 9.10. The van der Waals surface area contributed by atoms with Gasteiger partial charge in [0, 0.05) is 51.2 Å². The maximum atomic E-state index is 5.53. The second-order valence-electron chi connectivity index (χ2n) is 7.14. The molecule has 0 aromatic carbocycles. The summed E-state index contributed by atoms with van der Waals surface area (Å²) in [5.41, 5.74) is 1.22. The number of morpholine rings is 1. The third kappa shape index (κ3) is 4.73. The van der Waals surface area contributed by atoms with Crippen LogP contribution in [0.25, 0.3) is 0 Å². The van der Waals surface area contributed by atoms with Crippen LogP contribution in [0.15, 0.2) is 36.9 Å². The van der Waals surface area contributed by atoms with Crippen LogP contribution in [-0.4, -0.2) is 65.8 Å². The van der Waals surface area contributed by atoms with Gasteiger partial charge in [-0.2, -0.15) is 0 Å². The highest BCUT2D eigenvalue weighted by molar-refractivity contribution is 5.48. The van der Waals surface area contributed by atoms with E-state index in [1.165, 1.54) is 24.8 Å². The number of anilines is 2. The summed E-state index contributed by atoms with van der Waals surface area (Å²) in [6.07, 6.45) is 9.25. The van der Waals surface area contributed by atoms with E-state index in [4.69, 9.17) is 4.74 Å². The minimum atomic E-state index is 0.246. The zero-order valence-electron chi connectivity index (χ0n) is 15.8. The van der Waals surface area contributed by atoms with E-state index in [1.807, 2.05) is 18.5 Å². The first-order valence-corrected chi connectivity index (χ1v) is 9.93. The van der Waals surface area contributed by atoms with Gasteiger partial charge in [-0.1, -0.05) is 6.07 Å². The zero-order valence-corrected chi connectivity index (χ0v) is 15.8. The van der Waals surface area contributed by atoms with Crippen molar-refractivity contribution in [1.29, 1.82) is 0 Å². The fourth-order valence-corrected chi connectivity index (χ4v) is 3.86. The van der Waals surface area contributed by atoms with Crippen LogP contribution in [0.5, 0.6) is 0 Å². The Morgan fingerprint density at radius 3 is 2.70 bits per heavy atom. The fraction of sp³-hybridized carbons (Fsp3) is 0.550. The third-order valence-electron chi connectivity index (χ3n) is 5.36. The lowest BCUT2D eigenvalue weighted by Gasteiger charge is -2.35. The molecular weight excluding hydrogens is 340 g/mol. The Morgan fingerprint density at radius 2 is 1.93 bits per heavy atom. The molecule has 4 rings (SSSR count). The highest BCUT2D eigenvalue weighted by Crippen LogP contribution is 2.23. The van der Waals surface area contributed by atoms with E-state index in [0.717, 1.165) is 57.6 Å². The van der Waals surface area contributed by atoms with Crippen LogP contribution in [0.4, 0.5) is 11.6 Å². The number of piperidine rings is 1. The van der Waals surface area contributed by atoms with Gasteiger partial charge in [0.15, 0.2) is 0 Å². The second-order valence-corrected chi connectivity index (χ2v) is 7.14. The largest absolute Gasteiger partial charge is 0.379 e. The number of nitrogens with zero attached hydrogens (tertiary/aromatic N) is 5. The van der Waals surface area contributed by atoms with Crippen molar-refractivity contribution in [2.75, 3.05) is 56.2 Å². The molecule has 27 heavy (non-hydrogen) atoms. The highest BCUT2D eigenvalue weighted by Gasteiger charge is 2.23. The minimum Gasteiger partial charge on any atom is -0.379 e. The molecule has 7 heteroatoms. The molecule has 0 aliphatic carbocycles. The molecule has 2 aliphatic rings. The molecule has 1 atom stereocenters. The number of hydrogen-bond donors (Lipinski definition) is 1. The van der Waals surface area contributed by atoms with E-state index >= 15 is 0 Å². The predicted molar refractivity (Wildman–Crippen MR) is 106 cm³/mol. The SMILES string of the molecule is c1cncc(C(CNc2cc(N3CCCCC3)ncn2)N2CCOCC2)c1. The van der Waals surface area contributed by atoms with Gasteiger partial charge in [0.05, 0.1) is 19.3 Å². The fourth-order valence-electron chi connectivity index (χ4n) is 3.86. The summed E-state index contributed by atoms with van der Waals surface area (Å²) in [4.78, 5) is 18.0. The van der Waals surface area contributed by atoms with Crippen molar-refractivity contribution in [3.63, 3.8) is 0 Å². The number of nitrogens with one attached hydrogen (secondary N) is 1. The number of pyridine rings is 1. The van der Waals surface area contributed by atoms with Crippen LogP contribution < -0.4 is 10.2 Å². The molecule has 0 saturated carbocycles. The number of aromatic nitrogens is 3. The van der Waals surface area contributed by atoms with Crippen molar-refractivity contribution in [3.05, 3.63) is 42.5 Å². The van der Waals surface area contributed by atoms with Crippen LogP contribution in [-0.2, 0) is 4.74 Å². The monoisotopic (exact) mass is 368 g/mol. The lowest BCUT2D eigenvalue weighted by atomic mass is 10.1.